The minimum Gasteiger partial charge on any atom is 0 e. The first-order valence-electron chi connectivity index (χ1n) is 0.154. The Labute approximate surface area is 77.5 Å². The molecule has 0 rings (SSSR count). The van der Waals surface area contributed by atoms with E-state index in [0.717, 1.165) is 0 Å². The molecule has 0 aromatic carbocycles. The van der Waals surface area contributed by atoms with Crippen molar-refractivity contribution in [1.82, 2.24) is 0 Å². The average Bonchev–Trinajstić information content (AvgIpc) is 1.00. The van der Waals surface area contributed by atoms with Gasteiger partial charge in [0.2, 0.25) is 0 Å². The minimum absolute atomic E-state index is 0. The molecule has 0 aliphatic heterocycles. The summed E-state index contributed by atoms with van der Waals surface area (Å²) in [6.07, 6.45) is 0. The Morgan fingerprint density at radius 2 is 1.40 bits per heavy atom. The van der Waals surface area contributed by atoms with E-state index in [1.54, 1.807) is 15.9 Å². The SMILES string of the molecule is [H-].[Li+].[Ni].[O]=[Mn].[Ti]. The molecule has 0 amide bonds. The van der Waals surface area contributed by atoms with Gasteiger partial charge in [-0.05, 0) is 0 Å². The molecule has 0 saturated heterocycles. The van der Waals surface area contributed by atoms with E-state index in [1.807, 2.05) is 0 Å². The molecule has 29 valence electrons. The molecule has 5 heteroatoms. The van der Waals surface area contributed by atoms with Gasteiger partial charge in [0.25, 0.3) is 0 Å². The summed E-state index contributed by atoms with van der Waals surface area (Å²) in [7, 11) is 0. The van der Waals surface area contributed by atoms with E-state index >= 15 is 0 Å². The molecule has 0 radical (unpaired) electrons. The number of hydrogen-bond acceptors (Lipinski definition) is 1. The number of rotatable bonds is 0. The monoisotopic (exact) mass is 185 g/mol. The Bertz CT molecular complexity index is 15.5. The summed E-state index contributed by atoms with van der Waals surface area (Å²) in [4.78, 5) is 0. The molecule has 1 nitrogen and oxygen atoms in total. The molecular formula is HLiMnNiOTi. The van der Waals surface area contributed by atoms with Crippen LogP contribution in [0.5, 0.6) is 0 Å². The van der Waals surface area contributed by atoms with E-state index in [0.29, 0.717) is 0 Å². The van der Waals surface area contributed by atoms with Crippen LogP contribution in [0.4, 0.5) is 0 Å². The molecule has 0 aliphatic rings. The van der Waals surface area contributed by atoms with Crippen molar-refractivity contribution in [2.75, 3.05) is 0 Å². The minimum atomic E-state index is 0. The molecule has 0 N–H and O–H groups in total. The zero-order valence-corrected chi connectivity index (χ0v) is 6.33. The summed E-state index contributed by atoms with van der Waals surface area (Å²) in [5, 5.41) is 0. The van der Waals surface area contributed by atoms with Crippen LogP contribution in [0.3, 0.4) is 0 Å². The van der Waals surface area contributed by atoms with Crippen molar-refractivity contribution in [2.45, 2.75) is 0 Å². The Morgan fingerprint density at radius 3 is 1.40 bits per heavy atom. The van der Waals surface area contributed by atoms with Gasteiger partial charge in [-0.25, -0.2) is 0 Å². The quantitative estimate of drug-likeness (QED) is 0.368. The standard InChI is InChI=1S/Li.Mn.Ni.O.Ti.H/q+1;;;;;-1. The molecule has 0 spiro atoms. The third-order valence-corrected chi connectivity index (χ3v) is 0. The van der Waals surface area contributed by atoms with Crippen LogP contribution in [0.2, 0.25) is 0 Å². The van der Waals surface area contributed by atoms with Crippen molar-refractivity contribution in [3.05, 3.63) is 0 Å². The van der Waals surface area contributed by atoms with Gasteiger partial charge in [0.1, 0.15) is 0 Å². The Hall–Kier alpha value is 2.12. The van der Waals surface area contributed by atoms with Gasteiger partial charge in [-0.15, -0.1) is 0 Å². The third-order valence-electron chi connectivity index (χ3n) is 0. The maximum absolute atomic E-state index is 8.06. The van der Waals surface area contributed by atoms with Gasteiger partial charge in [0, 0.05) is 38.2 Å². The predicted molar refractivity (Wildman–Crippen MR) is 1.80 cm³/mol. The van der Waals surface area contributed by atoms with Crippen molar-refractivity contribution in [3.63, 3.8) is 0 Å². The van der Waals surface area contributed by atoms with Crippen LogP contribution < -0.4 is 18.9 Å². The molecule has 5 heavy (non-hydrogen) atoms. The van der Waals surface area contributed by atoms with Crippen LogP contribution in [0, 0.1) is 0 Å². The zero-order chi connectivity index (χ0) is 2.00. The average molecular weight is 185 g/mol. The van der Waals surface area contributed by atoms with Gasteiger partial charge in [-0.3, -0.25) is 0 Å². The fourth-order valence-corrected chi connectivity index (χ4v) is 0. The molecule has 0 fully saturated rings. The Kier molecular flexibility index (Phi) is 195. The third kappa shape index (κ3) is 23.1. The van der Waals surface area contributed by atoms with Crippen molar-refractivity contribution in [2.24, 2.45) is 0 Å². The van der Waals surface area contributed by atoms with E-state index in [-0.39, 0.29) is 58.5 Å². The van der Waals surface area contributed by atoms with Crippen LogP contribution >= 0.6 is 0 Å². The second-order valence-electron chi connectivity index (χ2n) is 0. The molecule has 0 unspecified atom stereocenters. The Morgan fingerprint density at radius 1 is 1.40 bits per heavy atom. The van der Waals surface area contributed by atoms with Crippen LogP contribution in [0.15, 0.2) is 0 Å². The summed E-state index contributed by atoms with van der Waals surface area (Å²) in [6.45, 7) is 0. The molecule has 0 aromatic rings. The topological polar surface area (TPSA) is 17.1 Å². The maximum Gasteiger partial charge on any atom is 0 e. The van der Waals surface area contributed by atoms with Gasteiger partial charge in [-0.1, -0.05) is 0 Å². The Balaban J connectivity index is -0.000000000833. The normalized spacial score (nSPS) is 0.800. The summed E-state index contributed by atoms with van der Waals surface area (Å²) in [5.74, 6) is 0. The van der Waals surface area contributed by atoms with Crippen LogP contribution in [0.1, 0.15) is 1.43 Å². The predicted octanol–water partition coefficient (Wildman–Crippen LogP) is -3.01. The van der Waals surface area contributed by atoms with E-state index < -0.39 is 0 Å². The molecule has 0 bridgehead atoms. The smallest absolute Gasteiger partial charge is 0 e. The first-order valence-corrected chi connectivity index (χ1v) is 0.636. The summed E-state index contributed by atoms with van der Waals surface area (Å²) in [5.41, 5.74) is 0. The fraction of sp³-hybridized carbons (Fsp3) is 0. The van der Waals surface area contributed by atoms with Crippen molar-refractivity contribution in [1.29, 1.82) is 0 Å². The van der Waals surface area contributed by atoms with Crippen molar-refractivity contribution >= 4 is 0 Å². The van der Waals surface area contributed by atoms with E-state index in [1.165, 1.54) is 0 Å². The molecule has 0 saturated carbocycles. The first-order chi connectivity index (χ1) is 1.00. The second kappa shape index (κ2) is 35.6. The van der Waals surface area contributed by atoms with E-state index in [2.05, 4.69) is 0 Å². The zero-order valence-electron chi connectivity index (χ0n) is 3.60. The summed E-state index contributed by atoms with van der Waals surface area (Å²) >= 11 is 1.69. The maximum atomic E-state index is 8.06. The molecular weight excluding hydrogens is 184 g/mol. The van der Waals surface area contributed by atoms with Gasteiger partial charge >= 0.3 is 38.6 Å². The summed E-state index contributed by atoms with van der Waals surface area (Å²) in [6, 6.07) is 0. The fourth-order valence-electron chi connectivity index (χ4n) is 0. The summed E-state index contributed by atoms with van der Waals surface area (Å²) < 4.78 is 8.06. The largest absolute Gasteiger partial charge is 0 e. The molecule has 0 aromatic heterocycles. The first kappa shape index (κ1) is 27.4. The van der Waals surface area contributed by atoms with Crippen LogP contribution in [-0.2, 0) is 58.0 Å². The second-order valence-corrected chi connectivity index (χ2v) is 0. The molecule has 0 aliphatic carbocycles. The number of hydrogen-bond donors (Lipinski definition) is 0. The van der Waals surface area contributed by atoms with Gasteiger partial charge < -0.3 is 1.43 Å². The van der Waals surface area contributed by atoms with Crippen molar-refractivity contribution in [3.8, 4) is 0 Å². The van der Waals surface area contributed by atoms with Gasteiger partial charge in [0.15, 0.2) is 0 Å². The van der Waals surface area contributed by atoms with Crippen LogP contribution in [0.25, 0.3) is 0 Å². The van der Waals surface area contributed by atoms with Gasteiger partial charge in [-0.2, -0.15) is 0 Å². The molecule has 0 heterocycles. The van der Waals surface area contributed by atoms with Crippen molar-refractivity contribution < 1.29 is 78.3 Å². The molecule has 0 atom stereocenters. The van der Waals surface area contributed by atoms with Crippen LogP contribution in [-0.4, -0.2) is 0 Å². The van der Waals surface area contributed by atoms with Gasteiger partial charge in [0.05, 0.1) is 0 Å². The van der Waals surface area contributed by atoms with E-state index in [4.69, 9.17) is 3.83 Å². The van der Waals surface area contributed by atoms with E-state index in [9.17, 15) is 0 Å².